The second-order valence-corrected chi connectivity index (χ2v) is 7.68. The van der Waals surface area contributed by atoms with Gasteiger partial charge in [0.15, 0.2) is 0 Å². The van der Waals surface area contributed by atoms with Gasteiger partial charge in [-0.25, -0.2) is 18.7 Å². The minimum Gasteiger partial charge on any atom is -0.507 e. The monoisotopic (exact) mass is 430 g/mol. The average Bonchev–Trinajstić information content (AvgIpc) is 3.36. The van der Waals surface area contributed by atoms with E-state index in [1.165, 1.54) is 13.3 Å². The molecule has 2 fully saturated rings. The van der Waals surface area contributed by atoms with E-state index in [0.29, 0.717) is 11.3 Å². The average molecular weight is 430 g/mol. The van der Waals surface area contributed by atoms with E-state index < -0.39 is 30.2 Å². The Morgan fingerprint density at radius 1 is 1.29 bits per heavy atom. The van der Waals surface area contributed by atoms with Gasteiger partial charge in [0.1, 0.15) is 23.7 Å². The maximum absolute atomic E-state index is 14.1. The second-order valence-electron chi connectivity index (χ2n) is 7.68. The molecule has 1 aromatic carbocycles. The zero-order valence-corrected chi connectivity index (χ0v) is 16.5. The van der Waals surface area contributed by atoms with Crippen molar-refractivity contribution in [1.82, 2.24) is 30.0 Å². The first kappa shape index (κ1) is 19.8. The van der Waals surface area contributed by atoms with Crippen molar-refractivity contribution in [2.75, 3.05) is 7.11 Å². The summed E-state index contributed by atoms with van der Waals surface area (Å²) in [7, 11) is 1.47. The summed E-state index contributed by atoms with van der Waals surface area (Å²) >= 11 is 0. The quantitative estimate of drug-likeness (QED) is 0.633. The first-order valence-corrected chi connectivity index (χ1v) is 9.79. The Morgan fingerprint density at radius 3 is 2.84 bits per heavy atom. The summed E-state index contributed by atoms with van der Waals surface area (Å²) in [6, 6.07) is 3.59. The van der Waals surface area contributed by atoms with Gasteiger partial charge in [-0.1, -0.05) is 5.10 Å². The van der Waals surface area contributed by atoms with Crippen molar-refractivity contribution < 1.29 is 23.4 Å². The molecule has 0 radical (unpaired) electrons. The number of fused-ring (bicyclic) bond motifs is 2. The fourth-order valence-electron chi connectivity index (χ4n) is 4.27. The molecule has 2 N–H and O–H groups in total. The number of piperidine rings is 1. The number of benzene rings is 1. The standard InChI is InChI=1S/C20H20F2N6O3/c1-30-18-13-8-20(21,22)17(25-13)7-16(18)31-19-24-9-14(26-27-19)12-3-2-11(6-15(12)29)28-5-4-23-10-28/h2-6,9-10,13,16-18,25,29H,7-8H2,1H3/t13?,16-,17+,18-/m0/s1. The number of aromatic nitrogens is 5. The summed E-state index contributed by atoms with van der Waals surface area (Å²) < 4.78 is 41.1. The molecule has 2 saturated heterocycles. The van der Waals surface area contributed by atoms with Crippen molar-refractivity contribution >= 4 is 0 Å². The van der Waals surface area contributed by atoms with Crippen LogP contribution in [0.1, 0.15) is 12.8 Å². The molecule has 2 aliphatic rings. The van der Waals surface area contributed by atoms with Gasteiger partial charge in [0.05, 0.1) is 24.3 Å². The number of hydrogen-bond acceptors (Lipinski definition) is 8. The molecule has 5 rings (SSSR count). The van der Waals surface area contributed by atoms with E-state index in [0.717, 1.165) is 5.69 Å². The second kappa shape index (κ2) is 7.50. The van der Waals surface area contributed by atoms with Crippen molar-refractivity contribution in [3.05, 3.63) is 43.1 Å². The van der Waals surface area contributed by atoms with Crippen LogP contribution in [0.25, 0.3) is 16.9 Å². The van der Waals surface area contributed by atoms with Gasteiger partial charge in [0.25, 0.3) is 5.92 Å². The number of alkyl halides is 2. The van der Waals surface area contributed by atoms with Crippen molar-refractivity contribution in [2.24, 2.45) is 0 Å². The van der Waals surface area contributed by atoms with E-state index >= 15 is 0 Å². The minimum absolute atomic E-state index is 0.00702. The maximum Gasteiger partial charge on any atom is 0.336 e. The van der Waals surface area contributed by atoms with E-state index in [4.69, 9.17) is 9.47 Å². The number of imidazole rings is 1. The van der Waals surface area contributed by atoms with Gasteiger partial charge in [-0.3, -0.25) is 0 Å². The third-order valence-electron chi connectivity index (χ3n) is 5.78. The molecule has 0 aliphatic carbocycles. The van der Waals surface area contributed by atoms with Gasteiger partial charge >= 0.3 is 6.01 Å². The molecule has 3 aromatic rings. The summed E-state index contributed by atoms with van der Waals surface area (Å²) in [4.78, 5) is 8.13. The molecule has 4 heterocycles. The van der Waals surface area contributed by atoms with E-state index in [1.54, 1.807) is 41.5 Å². The number of phenolic OH excluding ortho intramolecular Hbond substituents is 1. The number of methoxy groups -OCH3 is 1. The van der Waals surface area contributed by atoms with Crippen LogP contribution in [-0.2, 0) is 4.74 Å². The van der Waals surface area contributed by atoms with Gasteiger partial charge in [-0.2, -0.15) is 0 Å². The highest BCUT2D eigenvalue weighted by molar-refractivity contribution is 5.67. The van der Waals surface area contributed by atoms with Crippen LogP contribution >= 0.6 is 0 Å². The molecule has 1 unspecified atom stereocenters. The van der Waals surface area contributed by atoms with Crippen LogP contribution in [0.3, 0.4) is 0 Å². The van der Waals surface area contributed by atoms with Crippen LogP contribution in [0.4, 0.5) is 8.78 Å². The number of rotatable bonds is 5. The number of hydrogen-bond donors (Lipinski definition) is 2. The zero-order chi connectivity index (χ0) is 21.6. The molecule has 0 saturated carbocycles. The molecule has 0 spiro atoms. The normalized spacial score (nSPS) is 26.7. The SMILES string of the molecule is CO[C@H]1C2CC(F)(F)[C@@H](C[C@@H]1Oc1ncc(-c3ccc(-n4ccnc4)cc3O)nn1)N2. The Hall–Kier alpha value is -3.18. The lowest BCUT2D eigenvalue weighted by molar-refractivity contribution is -0.0506. The van der Waals surface area contributed by atoms with Crippen molar-refractivity contribution in [1.29, 1.82) is 0 Å². The number of phenols is 1. The van der Waals surface area contributed by atoms with Gasteiger partial charge < -0.3 is 24.5 Å². The summed E-state index contributed by atoms with van der Waals surface area (Å²) in [5, 5.41) is 21.3. The van der Waals surface area contributed by atoms with E-state index in [-0.39, 0.29) is 24.6 Å². The molecule has 4 atom stereocenters. The number of halogens is 2. The predicted molar refractivity (Wildman–Crippen MR) is 104 cm³/mol. The van der Waals surface area contributed by atoms with E-state index in [9.17, 15) is 13.9 Å². The molecule has 2 bridgehead atoms. The highest BCUT2D eigenvalue weighted by Crippen LogP contribution is 2.41. The summed E-state index contributed by atoms with van der Waals surface area (Å²) in [5.41, 5.74) is 1.54. The molecule has 31 heavy (non-hydrogen) atoms. The third kappa shape index (κ3) is 3.59. The largest absolute Gasteiger partial charge is 0.507 e. The molecule has 0 amide bonds. The van der Waals surface area contributed by atoms with Crippen LogP contribution < -0.4 is 10.1 Å². The Kier molecular flexibility index (Phi) is 4.78. The molecule has 162 valence electrons. The van der Waals surface area contributed by atoms with Crippen molar-refractivity contribution in [3.8, 4) is 28.7 Å². The predicted octanol–water partition coefficient (Wildman–Crippen LogP) is 1.96. The van der Waals surface area contributed by atoms with Gasteiger partial charge in [-0.15, -0.1) is 5.10 Å². The smallest absolute Gasteiger partial charge is 0.336 e. The zero-order valence-electron chi connectivity index (χ0n) is 16.5. The van der Waals surface area contributed by atoms with Crippen LogP contribution in [0.5, 0.6) is 11.8 Å². The highest BCUT2D eigenvalue weighted by atomic mass is 19.3. The molecule has 2 aromatic heterocycles. The van der Waals surface area contributed by atoms with Gasteiger partial charge in [-0.05, 0) is 12.1 Å². The lowest BCUT2D eigenvalue weighted by atomic mass is 9.99. The van der Waals surface area contributed by atoms with Crippen molar-refractivity contribution in [3.63, 3.8) is 0 Å². The van der Waals surface area contributed by atoms with E-state index in [2.05, 4.69) is 25.5 Å². The summed E-state index contributed by atoms with van der Waals surface area (Å²) in [5.74, 6) is -2.80. The van der Waals surface area contributed by atoms with Gasteiger partial charge in [0, 0.05) is 50.0 Å². The number of ether oxygens (including phenoxy) is 2. The van der Waals surface area contributed by atoms with E-state index in [1.807, 2.05) is 0 Å². The first-order chi connectivity index (χ1) is 14.9. The molecule has 11 heteroatoms. The molecular weight excluding hydrogens is 410 g/mol. The van der Waals surface area contributed by atoms with Crippen LogP contribution in [0.2, 0.25) is 0 Å². The fourth-order valence-corrected chi connectivity index (χ4v) is 4.27. The summed E-state index contributed by atoms with van der Waals surface area (Å²) in [6.07, 6.45) is 5.06. The van der Waals surface area contributed by atoms with Gasteiger partial charge in [0.2, 0.25) is 0 Å². The fraction of sp³-hybridized carbons (Fsp3) is 0.400. The third-order valence-corrected chi connectivity index (χ3v) is 5.78. The summed E-state index contributed by atoms with van der Waals surface area (Å²) in [6.45, 7) is 0. The Bertz CT molecular complexity index is 1060. The Morgan fingerprint density at radius 2 is 2.16 bits per heavy atom. The van der Waals surface area contributed by atoms with Crippen LogP contribution in [0.15, 0.2) is 43.1 Å². The first-order valence-electron chi connectivity index (χ1n) is 9.79. The lowest BCUT2D eigenvalue weighted by Gasteiger charge is -2.35. The topological polar surface area (TPSA) is 107 Å². The van der Waals surface area contributed by atoms with Crippen LogP contribution in [-0.4, -0.2) is 67.2 Å². The van der Waals surface area contributed by atoms with Crippen LogP contribution in [0, 0.1) is 0 Å². The number of aromatic hydroxyl groups is 1. The molecule has 2 aliphatic heterocycles. The lowest BCUT2D eigenvalue weighted by Crippen LogP contribution is -2.55. The molecule has 9 nitrogen and oxygen atoms in total. The number of nitrogens with zero attached hydrogens (tertiary/aromatic N) is 5. The molecular formula is C20H20F2N6O3. The maximum atomic E-state index is 14.1. The minimum atomic E-state index is -2.80. The van der Waals surface area contributed by atoms with Crippen molar-refractivity contribution in [2.45, 2.75) is 43.1 Å². The highest BCUT2D eigenvalue weighted by Gasteiger charge is 2.57. The Labute approximate surface area is 176 Å². The number of nitrogens with one attached hydrogen (secondary N) is 1. The Balaban J connectivity index is 1.33.